The van der Waals surface area contributed by atoms with E-state index in [-0.39, 0.29) is 12.4 Å². The van der Waals surface area contributed by atoms with Crippen molar-refractivity contribution >= 4 is 24.7 Å². The molecule has 2 aliphatic heterocycles. The van der Waals surface area contributed by atoms with E-state index in [1.165, 1.54) is 17.8 Å². The van der Waals surface area contributed by atoms with Crippen LogP contribution in [0.5, 0.6) is 0 Å². The van der Waals surface area contributed by atoms with Crippen molar-refractivity contribution in [2.45, 2.75) is 43.7 Å². The second-order valence-electron chi connectivity index (χ2n) is 7.80. The van der Waals surface area contributed by atoms with Gasteiger partial charge in [0.15, 0.2) is 6.23 Å². The minimum Gasteiger partial charge on any atom is -0.385 e. The van der Waals surface area contributed by atoms with Gasteiger partial charge in [0.1, 0.15) is 29.5 Å². The molecular formula is C19H22N5O7P. The Morgan fingerprint density at radius 3 is 3.00 bits per heavy atom. The van der Waals surface area contributed by atoms with Crippen LogP contribution < -0.4 is 5.73 Å². The summed E-state index contributed by atoms with van der Waals surface area (Å²) in [6.07, 6.45) is 1.79. The number of hydrogen-bond donors (Lipinski definition) is 3. The fraction of sp³-hybridized carbons (Fsp3) is 0.421. The molecule has 3 aromatic rings. The molecule has 5 rings (SSSR count). The maximum absolute atomic E-state index is 13.2. The van der Waals surface area contributed by atoms with Crippen molar-refractivity contribution in [3.8, 4) is 0 Å². The highest BCUT2D eigenvalue weighted by Gasteiger charge is 2.56. The monoisotopic (exact) mass is 463 g/mol. The van der Waals surface area contributed by atoms with Crippen molar-refractivity contribution in [3.63, 3.8) is 0 Å². The number of phosphoric acid groups is 1. The van der Waals surface area contributed by atoms with Gasteiger partial charge in [0.25, 0.3) is 0 Å². The third kappa shape index (κ3) is 3.59. The number of nitrogen functional groups attached to an aromatic ring is 1. The van der Waals surface area contributed by atoms with Gasteiger partial charge in [-0.1, -0.05) is 6.07 Å². The predicted molar refractivity (Wildman–Crippen MR) is 110 cm³/mol. The fourth-order valence-electron chi connectivity index (χ4n) is 3.86. The Labute approximate surface area is 182 Å². The highest BCUT2D eigenvalue weighted by Crippen LogP contribution is 2.59. The molecule has 3 aromatic heterocycles. The summed E-state index contributed by atoms with van der Waals surface area (Å²) in [6, 6.07) is 5.20. The van der Waals surface area contributed by atoms with Crippen LogP contribution in [0, 0.1) is 0 Å². The molecule has 12 nitrogen and oxygen atoms in total. The summed E-state index contributed by atoms with van der Waals surface area (Å²) in [5, 5.41) is 22.3. The minimum absolute atomic E-state index is 0.109. The molecule has 1 unspecified atom stereocenters. The molecule has 0 spiro atoms. The number of pyridine rings is 1. The number of nitrogens with zero attached hydrogens (tertiary/aromatic N) is 4. The van der Waals surface area contributed by atoms with Crippen molar-refractivity contribution in [1.29, 1.82) is 0 Å². The molecule has 0 aromatic carbocycles. The van der Waals surface area contributed by atoms with Crippen molar-refractivity contribution in [1.82, 2.24) is 19.5 Å². The molecule has 32 heavy (non-hydrogen) atoms. The summed E-state index contributed by atoms with van der Waals surface area (Å²) in [7, 11) is -4.12. The molecule has 13 heteroatoms. The van der Waals surface area contributed by atoms with Crippen molar-refractivity contribution in [2.75, 3.05) is 12.3 Å². The first-order chi connectivity index (χ1) is 15.3. The van der Waals surface area contributed by atoms with E-state index in [1.54, 1.807) is 36.8 Å². The van der Waals surface area contributed by atoms with Crippen LogP contribution in [0.3, 0.4) is 0 Å². The summed E-state index contributed by atoms with van der Waals surface area (Å²) in [5.74, 6) is 0.259. The van der Waals surface area contributed by atoms with Crippen molar-refractivity contribution < 1.29 is 33.1 Å². The molecule has 0 bridgehead atoms. The highest BCUT2D eigenvalue weighted by molar-refractivity contribution is 7.48. The first-order valence-electron chi connectivity index (χ1n) is 9.93. The Bertz CT molecular complexity index is 1170. The SMILES string of the molecule is C[C@@]1(O)[C@H](O)C(O[P@]2(=O)OCC[C@H](c3cccnc3)O2)O[C@H]1n1ccc2c(N)ncnc21. The van der Waals surface area contributed by atoms with Crippen LogP contribution in [-0.4, -0.2) is 54.3 Å². The molecule has 0 amide bonds. The molecule has 4 N–H and O–H groups in total. The van der Waals surface area contributed by atoms with Crippen LogP contribution in [0.1, 0.15) is 31.2 Å². The largest absolute Gasteiger partial charge is 0.477 e. The van der Waals surface area contributed by atoms with Gasteiger partial charge in [-0.25, -0.2) is 14.5 Å². The molecule has 2 fully saturated rings. The number of aromatic nitrogens is 4. The maximum atomic E-state index is 13.2. The molecule has 0 saturated carbocycles. The minimum atomic E-state index is -4.12. The molecule has 0 radical (unpaired) electrons. The Kier molecular flexibility index (Phi) is 5.25. The number of aliphatic hydroxyl groups excluding tert-OH is 1. The molecule has 5 heterocycles. The Hall–Kier alpha value is -2.44. The summed E-state index contributed by atoms with van der Waals surface area (Å²) in [4.78, 5) is 12.2. The average molecular weight is 463 g/mol. The lowest BCUT2D eigenvalue weighted by molar-refractivity contribution is -0.145. The first kappa shape index (κ1) is 21.4. The Morgan fingerprint density at radius 2 is 2.22 bits per heavy atom. The Morgan fingerprint density at radius 1 is 1.38 bits per heavy atom. The smallest absolute Gasteiger partial charge is 0.385 e. The maximum Gasteiger partial charge on any atom is 0.477 e. The van der Waals surface area contributed by atoms with Crippen LogP contribution in [-0.2, 0) is 22.9 Å². The summed E-state index contributed by atoms with van der Waals surface area (Å²) in [6.45, 7) is 1.48. The van der Waals surface area contributed by atoms with E-state index in [9.17, 15) is 14.8 Å². The van der Waals surface area contributed by atoms with Gasteiger partial charge in [-0.3, -0.25) is 18.6 Å². The van der Waals surface area contributed by atoms with Gasteiger partial charge in [-0.05, 0) is 24.6 Å². The fourth-order valence-corrected chi connectivity index (χ4v) is 5.32. The van der Waals surface area contributed by atoms with E-state index >= 15 is 0 Å². The van der Waals surface area contributed by atoms with Gasteiger partial charge >= 0.3 is 7.82 Å². The first-order valence-corrected chi connectivity index (χ1v) is 11.4. The van der Waals surface area contributed by atoms with Gasteiger partial charge in [0.05, 0.1) is 18.1 Å². The number of nitrogens with two attached hydrogens (primary N) is 1. The molecule has 170 valence electrons. The number of rotatable bonds is 4. The lowest BCUT2D eigenvalue weighted by Gasteiger charge is -2.31. The van der Waals surface area contributed by atoms with E-state index in [4.69, 9.17) is 24.0 Å². The van der Waals surface area contributed by atoms with Crippen molar-refractivity contribution in [2.24, 2.45) is 0 Å². The van der Waals surface area contributed by atoms with E-state index in [1.807, 2.05) is 0 Å². The zero-order valence-electron chi connectivity index (χ0n) is 17.0. The van der Waals surface area contributed by atoms with Crippen LogP contribution >= 0.6 is 7.82 Å². The van der Waals surface area contributed by atoms with E-state index in [2.05, 4.69) is 15.0 Å². The second-order valence-corrected chi connectivity index (χ2v) is 9.38. The van der Waals surface area contributed by atoms with Gasteiger partial charge < -0.3 is 25.3 Å². The zero-order valence-corrected chi connectivity index (χ0v) is 17.9. The second kappa shape index (κ2) is 7.85. The molecule has 2 aliphatic rings. The third-order valence-electron chi connectivity index (χ3n) is 5.59. The summed E-state index contributed by atoms with van der Waals surface area (Å²) >= 11 is 0. The number of hydrogen-bond acceptors (Lipinski definition) is 11. The lowest BCUT2D eigenvalue weighted by Crippen LogP contribution is -2.44. The van der Waals surface area contributed by atoms with E-state index in [0.717, 1.165) is 0 Å². The van der Waals surface area contributed by atoms with Gasteiger partial charge in [-0.2, -0.15) is 0 Å². The predicted octanol–water partition coefficient (Wildman–Crippen LogP) is 1.68. The number of ether oxygens (including phenoxy) is 1. The number of aliphatic hydroxyl groups is 2. The highest BCUT2D eigenvalue weighted by atomic mass is 31.2. The third-order valence-corrected chi connectivity index (χ3v) is 7.06. The Balaban J connectivity index is 1.39. The standard InChI is InChI=1S/C19H22N5O7P/c1-19(26)14(25)17(29-18(19)24-7-4-12-15(20)22-10-23-16(12)24)31-32(27)28-8-5-13(30-32)11-3-2-6-21-9-11/h2-4,6-7,9-10,13-14,17-18,25-26H,5,8H2,1H3,(H2,20,22,23)/t13-,14-,17?,18-,19-,32-/m1/s1. The van der Waals surface area contributed by atoms with Crippen LogP contribution in [0.4, 0.5) is 5.82 Å². The number of phosphoric ester groups is 1. The number of anilines is 1. The van der Waals surface area contributed by atoms with E-state index in [0.29, 0.717) is 23.0 Å². The number of fused-ring (bicyclic) bond motifs is 1. The van der Waals surface area contributed by atoms with Gasteiger partial charge in [0, 0.05) is 25.0 Å². The van der Waals surface area contributed by atoms with Crippen LogP contribution in [0.2, 0.25) is 0 Å². The van der Waals surface area contributed by atoms with E-state index < -0.39 is 38.1 Å². The summed E-state index contributed by atoms with van der Waals surface area (Å²) in [5.41, 5.74) is 5.16. The van der Waals surface area contributed by atoms with Crippen molar-refractivity contribution in [3.05, 3.63) is 48.7 Å². The quantitative estimate of drug-likeness (QED) is 0.482. The normalized spacial score (nSPS) is 35.3. The molecule has 6 atom stereocenters. The zero-order chi connectivity index (χ0) is 22.5. The summed E-state index contributed by atoms with van der Waals surface area (Å²) < 4.78 is 36.8. The topological polar surface area (TPSA) is 164 Å². The molecule has 2 saturated heterocycles. The molecular weight excluding hydrogens is 441 g/mol. The van der Waals surface area contributed by atoms with Gasteiger partial charge in [-0.15, -0.1) is 0 Å². The lowest BCUT2D eigenvalue weighted by atomic mass is 9.99. The molecule has 0 aliphatic carbocycles. The van der Waals surface area contributed by atoms with Gasteiger partial charge in [0.2, 0.25) is 6.29 Å². The van der Waals surface area contributed by atoms with Crippen LogP contribution in [0.25, 0.3) is 11.0 Å². The van der Waals surface area contributed by atoms with Crippen LogP contribution in [0.15, 0.2) is 43.1 Å². The average Bonchev–Trinajstić information content (AvgIpc) is 3.29.